The monoisotopic (exact) mass is 504 g/mol. The number of rotatable bonds is 11. The molecule has 0 bridgehead atoms. The third kappa shape index (κ3) is 7.10. The molecule has 2 aromatic rings. The minimum absolute atomic E-state index is 0.00335. The Morgan fingerprint density at radius 3 is 2.45 bits per heavy atom. The number of aliphatic hydroxyl groups is 4. The fourth-order valence-corrected chi connectivity index (χ4v) is 4.46. The lowest BCUT2D eigenvalue weighted by Crippen LogP contribution is -2.37. The molecule has 12 heteroatoms. The van der Waals surface area contributed by atoms with Crippen LogP contribution in [-0.4, -0.2) is 77.1 Å². The normalized spacial score (nSPS) is 16.5. The predicted octanol–water partition coefficient (Wildman–Crippen LogP) is 0.996. The number of phenolic OH excluding ortho intramolecular Hbond substituents is 2. The van der Waals surface area contributed by atoms with Crippen LogP contribution in [0.1, 0.15) is 19.1 Å². The second-order valence-electron chi connectivity index (χ2n) is 7.44. The fraction of sp³-hybridized carbons (Fsp3) is 0.429. The average molecular weight is 505 g/mol. The summed E-state index contributed by atoms with van der Waals surface area (Å²) < 4.78 is 5.14. The van der Waals surface area contributed by atoms with Crippen LogP contribution in [0.15, 0.2) is 33.5 Å². The van der Waals surface area contributed by atoms with Gasteiger partial charge in [-0.2, -0.15) is 0 Å². The van der Waals surface area contributed by atoms with E-state index in [1.165, 1.54) is 25.1 Å². The number of thioether (sulfide) groups is 1. The first kappa shape index (κ1) is 27.0. The van der Waals surface area contributed by atoms with E-state index in [9.17, 15) is 40.2 Å². The molecule has 0 amide bonds. The predicted molar refractivity (Wildman–Crippen MR) is 122 cm³/mol. The first-order valence-corrected chi connectivity index (χ1v) is 11.3. The molecule has 1 heterocycles. The number of carbonyl (C=O) groups is 1. The van der Waals surface area contributed by atoms with Crippen molar-refractivity contribution in [3.8, 4) is 11.5 Å². The number of fused-ring (bicyclic) bond motifs is 1. The molecule has 0 unspecified atom stereocenters. The van der Waals surface area contributed by atoms with Crippen LogP contribution < -0.4 is 5.63 Å². The van der Waals surface area contributed by atoms with Gasteiger partial charge in [0.25, 0.3) is 0 Å². The lowest BCUT2D eigenvalue weighted by Gasteiger charge is -2.26. The maximum atomic E-state index is 12.2. The second kappa shape index (κ2) is 11.7. The van der Waals surface area contributed by atoms with Crippen LogP contribution in [0.5, 0.6) is 11.5 Å². The molecule has 7 N–H and O–H groups in total. The Bertz CT molecular complexity index is 1070. The van der Waals surface area contributed by atoms with E-state index in [1.54, 1.807) is 0 Å². The van der Waals surface area contributed by atoms with Gasteiger partial charge in [-0.3, -0.25) is 0 Å². The van der Waals surface area contributed by atoms with E-state index in [2.05, 4.69) is 0 Å². The van der Waals surface area contributed by atoms with E-state index in [0.29, 0.717) is 0 Å². The molecular formula is C21H25ClO10S. The number of hydrogen-bond acceptors (Lipinski definition) is 10. The molecule has 0 saturated heterocycles. The van der Waals surface area contributed by atoms with E-state index < -0.39 is 52.8 Å². The van der Waals surface area contributed by atoms with Gasteiger partial charge in [0.15, 0.2) is 6.10 Å². The first-order valence-electron chi connectivity index (χ1n) is 9.82. The Kier molecular flexibility index (Phi) is 9.58. The Balaban J connectivity index is 2.21. The molecule has 0 aliphatic carbocycles. The molecule has 1 aromatic heterocycles. The summed E-state index contributed by atoms with van der Waals surface area (Å²) in [5.74, 6) is -2.54. The zero-order valence-corrected chi connectivity index (χ0v) is 19.0. The first-order chi connectivity index (χ1) is 15.4. The number of aliphatic hydroxyl groups excluding tert-OH is 4. The quantitative estimate of drug-likeness (QED) is 0.216. The van der Waals surface area contributed by atoms with Crippen molar-refractivity contribution in [2.45, 2.75) is 49.4 Å². The third-order valence-corrected chi connectivity index (χ3v) is 6.56. The number of benzene rings is 1. The summed E-state index contributed by atoms with van der Waals surface area (Å²) in [7, 11) is 0. The van der Waals surface area contributed by atoms with Crippen molar-refractivity contribution in [2.75, 3.05) is 5.75 Å². The Morgan fingerprint density at radius 2 is 1.85 bits per heavy atom. The fourth-order valence-electron chi connectivity index (χ4n) is 3.09. The van der Waals surface area contributed by atoms with Crippen LogP contribution in [0, 0.1) is 0 Å². The number of halogens is 1. The van der Waals surface area contributed by atoms with Gasteiger partial charge >= 0.3 is 11.6 Å². The average Bonchev–Trinajstić information content (AvgIpc) is 2.70. The standard InChI is InChI=1S/C21H25ClO10S/c1-9(23)5-15(27)19(33-8-16(28)20(29)30)12(24)4-2-3-10-6-11-17(21(31)32-10)13(25)7-14(26)18(11)22/h2,4,6-7,9,12,15-16,19,23-28H,3,5,8H2,1H3,(H,29,30)/t9-,12-,15-,16+,19-/m0/s1. The second-order valence-corrected chi connectivity index (χ2v) is 9.03. The minimum atomic E-state index is -1.70. The van der Waals surface area contributed by atoms with Gasteiger partial charge in [0.2, 0.25) is 0 Å². The molecule has 0 fully saturated rings. The highest BCUT2D eigenvalue weighted by atomic mass is 35.5. The largest absolute Gasteiger partial charge is 0.507 e. The highest BCUT2D eigenvalue weighted by Crippen LogP contribution is 2.36. The molecule has 0 aliphatic rings. The summed E-state index contributed by atoms with van der Waals surface area (Å²) >= 11 is 6.85. The molecule has 5 atom stereocenters. The smallest absolute Gasteiger partial charge is 0.347 e. The van der Waals surface area contributed by atoms with Crippen molar-refractivity contribution in [1.82, 2.24) is 0 Å². The van der Waals surface area contributed by atoms with Crippen LogP contribution in [0.2, 0.25) is 5.02 Å². The Hall–Kier alpha value is -2.28. The molecule has 0 aliphatic heterocycles. The zero-order valence-electron chi connectivity index (χ0n) is 17.5. The maximum Gasteiger partial charge on any atom is 0.347 e. The van der Waals surface area contributed by atoms with Crippen LogP contribution in [0.4, 0.5) is 0 Å². The molecule has 33 heavy (non-hydrogen) atoms. The summed E-state index contributed by atoms with van der Waals surface area (Å²) in [5, 5.41) is 67.1. The van der Waals surface area contributed by atoms with Gasteiger partial charge in [-0.05, 0) is 13.0 Å². The number of carboxylic acid groups (broad SMARTS) is 1. The molecular weight excluding hydrogens is 480 g/mol. The van der Waals surface area contributed by atoms with Crippen molar-refractivity contribution in [3.05, 3.63) is 45.5 Å². The SMILES string of the molecule is C[C@H](O)C[C@H](O)[C@@H](SC[C@@H](O)C(=O)O)[C@@H](O)C=CCc1cc2c(Cl)c(O)cc(O)c2c(=O)o1. The van der Waals surface area contributed by atoms with Crippen molar-refractivity contribution in [2.24, 2.45) is 0 Å². The molecule has 182 valence electrons. The van der Waals surface area contributed by atoms with Gasteiger partial charge < -0.3 is 40.2 Å². The van der Waals surface area contributed by atoms with Crippen molar-refractivity contribution >= 4 is 40.1 Å². The summed E-state index contributed by atoms with van der Waals surface area (Å²) in [4.78, 5) is 23.0. The molecule has 0 spiro atoms. The highest BCUT2D eigenvalue weighted by molar-refractivity contribution is 8.00. The van der Waals surface area contributed by atoms with Gasteiger partial charge in [0, 0.05) is 30.0 Å². The van der Waals surface area contributed by atoms with Gasteiger partial charge in [-0.1, -0.05) is 23.8 Å². The van der Waals surface area contributed by atoms with Gasteiger partial charge in [-0.15, -0.1) is 11.8 Å². The Labute approximate surface area is 197 Å². The van der Waals surface area contributed by atoms with E-state index in [-0.39, 0.29) is 40.1 Å². The van der Waals surface area contributed by atoms with Crippen molar-refractivity contribution in [1.29, 1.82) is 0 Å². The molecule has 10 nitrogen and oxygen atoms in total. The molecule has 1 aromatic carbocycles. The van der Waals surface area contributed by atoms with Crippen LogP contribution in [0.25, 0.3) is 10.8 Å². The van der Waals surface area contributed by atoms with Crippen LogP contribution >= 0.6 is 23.4 Å². The van der Waals surface area contributed by atoms with Gasteiger partial charge in [-0.25, -0.2) is 9.59 Å². The number of allylic oxidation sites excluding steroid dienone is 1. The van der Waals surface area contributed by atoms with E-state index in [1.807, 2.05) is 0 Å². The van der Waals surface area contributed by atoms with E-state index in [4.69, 9.17) is 21.1 Å². The highest BCUT2D eigenvalue weighted by Gasteiger charge is 2.29. The summed E-state index contributed by atoms with van der Waals surface area (Å²) in [5.41, 5.74) is -0.876. The minimum Gasteiger partial charge on any atom is -0.507 e. The maximum absolute atomic E-state index is 12.2. The summed E-state index contributed by atoms with van der Waals surface area (Å²) in [6.07, 6.45) is -2.45. The summed E-state index contributed by atoms with van der Waals surface area (Å²) in [6.45, 7) is 1.45. The number of aromatic hydroxyl groups is 2. The third-order valence-electron chi connectivity index (χ3n) is 4.68. The number of phenols is 2. The zero-order chi connectivity index (χ0) is 24.9. The van der Waals surface area contributed by atoms with Crippen molar-refractivity contribution in [3.63, 3.8) is 0 Å². The lowest BCUT2D eigenvalue weighted by molar-refractivity contribution is -0.145. The molecule has 2 rings (SSSR count). The molecule has 0 radical (unpaired) electrons. The molecule has 0 saturated carbocycles. The van der Waals surface area contributed by atoms with E-state index >= 15 is 0 Å². The lowest BCUT2D eigenvalue weighted by atomic mass is 10.0. The van der Waals surface area contributed by atoms with Crippen LogP contribution in [-0.2, 0) is 11.2 Å². The van der Waals surface area contributed by atoms with E-state index in [0.717, 1.165) is 17.8 Å². The van der Waals surface area contributed by atoms with Gasteiger partial charge in [0.05, 0.1) is 28.6 Å². The Morgan fingerprint density at radius 1 is 1.18 bits per heavy atom. The number of aliphatic carboxylic acids is 1. The topological polar surface area (TPSA) is 189 Å². The number of carboxylic acids is 1. The number of hydrogen-bond donors (Lipinski definition) is 7. The van der Waals surface area contributed by atoms with Crippen LogP contribution in [0.3, 0.4) is 0 Å². The van der Waals surface area contributed by atoms with Crippen molar-refractivity contribution < 1.29 is 45.0 Å². The van der Waals surface area contributed by atoms with Gasteiger partial charge in [0.1, 0.15) is 22.6 Å². The summed E-state index contributed by atoms with van der Waals surface area (Å²) in [6, 6.07) is 2.28.